The van der Waals surface area contributed by atoms with Gasteiger partial charge < -0.3 is 0 Å². The second-order valence-electron chi connectivity index (χ2n) is 2.63. The molecule has 0 saturated carbocycles. The molecule has 0 aromatic rings. The van der Waals surface area contributed by atoms with E-state index in [4.69, 9.17) is 6.42 Å². The van der Waals surface area contributed by atoms with Crippen molar-refractivity contribution >= 4 is 19.8 Å². The molecule has 1 saturated heterocycles. The Morgan fingerprint density at radius 2 is 2.25 bits per heavy atom. The third-order valence-corrected chi connectivity index (χ3v) is 8.06. The first kappa shape index (κ1) is 6.41. The van der Waals surface area contributed by atoms with Crippen LogP contribution in [0, 0.1) is 10.4 Å². The first-order valence-electron chi connectivity index (χ1n) is 2.79. The van der Waals surface area contributed by atoms with Gasteiger partial charge in [0.2, 0.25) is 0 Å². The van der Waals surface area contributed by atoms with Crippen molar-refractivity contribution in [3.05, 3.63) is 0 Å². The first-order chi connectivity index (χ1) is 3.67. The van der Waals surface area contributed by atoms with Gasteiger partial charge in [0.1, 0.15) is 0 Å². The number of hydrogen-bond acceptors (Lipinski definition) is 0. The van der Waals surface area contributed by atoms with E-state index in [2.05, 4.69) is 17.8 Å². The Bertz CT molecular complexity index is 130. The molecule has 1 aliphatic heterocycles. The summed E-state index contributed by atoms with van der Waals surface area (Å²) in [6.45, 7) is 4.61. The molecular formula is C7H11I. The minimum absolute atomic E-state index is 0.610. The maximum atomic E-state index is 5.33. The number of terminal acetylenes is 1. The fourth-order valence-corrected chi connectivity index (χ4v) is 5.16. The van der Waals surface area contributed by atoms with E-state index in [1.165, 1.54) is 10.8 Å². The average Bonchev–Trinajstić information content (AvgIpc) is 1.66. The SMILES string of the molecule is C#CI1CCC1(C)C. The van der Waals surface area contributed by atoms with Gasteiger partial charge in [0, 0.05) is 0 Å². The van der Waals surface area contributed by atoms with Gasteiger partial charge in [-0.1, -0.05) is 0 Å². The van der Waals surface area contributed by atoms with Crippen LogP contribution in [0.3, 0.4) is 0 Å². The van der Waals surface area contributed by atoms with Crippen molar-refractivity contribution < 1.29 is 0 Å². The van der Waals surface area contributed by atoms with Gasteiger partial charge in [0.05, 0.1) is 0 Å². The molecule has 0 amide bonds. The van der Waals surface area contributed by atoms with Crippen molar-refractivity contribution in [1.82, 2.24) is 0 Å². The molecule has 1 heterocycles. The van der Waals surface area contributed by atoms with Crippen LogP contribution in [0.1, 0.15) is 20.3 Å². The molecule has 0 aromatic heterocycles. The second kappa shape index (κ2) is 1.91. The van der Waals surface area contributed by atoms with Crippen LogP contribution in [0.5, 0.6) is 0 Å². The van der Waals surface area contributed by atoms with Gasteiger partial charge >= 0.3 is 58.3 Å². The van der Waals surface area contributed by atoms with Crippen molar-refractivity contribution in [1.29, 1.82) is 0 Å². The zero-order chi connectivity index (χ0) is 6.20. The van der Waals surface area contributed by atoms with E-state index in [0.717, 1.165) is 0 Å². The van der Waals surface area contributed by atoms with Crippen LogP contribution in [0.15, 0.2) is 0 Å². The van der Waals surface area contributed by atoms with Gasteiger partial charge in [-0.3, -0.25) is 0 Å². The summed E-state index contributed by atoms with van der Waals surface area (Å²) in [5.41, 5.74) is 0. The number of halogens is 1. The van der Waals surface area contributed by atoms with Gasteiger partial charge in [-0.25, -0.2) is 0 Å². The normalized spacial score (nSPS) is 28.4. The van der Waals surface area contributed by atoms with E-state index >= 15 is 0 Å². The molecule has 0 spiro atoms. The maximum absolute atomic E-state index is 5.33. The van der Waals surface area contributed by atoms with Gasteiger partial charge in [-0.15, -0.1) is 0 Å². The van der Waals surface area contributed by atoms with Crippen LogP contribution >= 0.6 is 19.8 Å². The summed E-state index contributed by atoms with van der Waals surface area (Å²) in [7, 11) is 0. The first-order valence-corrected chi connectivity index (χ1v) is 6.47. The molecule has 0 unspecified atom stereocenters. The summed E-state index contributed by atoms with van der Waals surface area (Å²) in [5, 5.41) is 0. The summed E-state index contributed by atoms with van der Waals surface area (Å²) in [5.74, 6) is 0. The number of rotatable bonds is 0. The van der Waals surface area contributed by atoms with Crippen LogP contribution in [-0.2, 0) is 0 Å². The molecule has 0 atom stereocenters. The molecule has 1 heteroatoms. The summed E-state index contributed by atoms with van der Waals surface area (Å²) in [6.07, 6.45) is 6.71. The molecule has 0 aromatic carbocycles. The Hall–Kier alpha value is 0.290. The number of hydrogen-bond donors (Lipinski definition) is 0. The van der Waals surface area contributed by atoms with E-state index in [1.807, 2.05) is 0 Å². The van der Waals surface area contributed by atoms with E-state index in [9.17, 15) is 0 Å². The number of alkyl halides is 2. The van der Waals surface area contributed by atoms with Gasteiger partial charge in [-0.2, -0.15) is 0 Å². The molecule has 0 aliphatic carbocycles. The summed E-state index contributed by atoms with van der Waals surface area (Å²) in [6, 6.07) is 0. The molecule has 0 radical (unpaired) electrons. The second-order valence-corrected chi connectivity index (χ2v) is 9.32. The van der Waals surface area contributed by atoms with E-state index < -0.39 is 19.8 Å². The van der Waals surface area contributed by atoms with Crippen LogP contribution < -0.4 is 0 Å². The standard InChI is InChI=1S/C7H11I/c1-4-8-6-5-7(8,2)3/h1H,5-6H2,2-3H3. The van der Waals surface area contributed by atoms with Crippen molar-refractivity contribution in [3.8, 4) is 10.4 Å². The van der Waals surface area contributed by atoms with Crippen LogP contribution in [-0.4, -0.2) is 7.85 Å². The zero-order valence-electron chi connectivity index (χ0n) is 5.37. The quantitative estimate of drug-likeness (QED) is 0.335. The third kappa shape index (κ3) is 0.862. The molecule has 46 valence electrons. The van der Waals surface area contributed by atoms with Crippen LogP contribution in [0.2, 0.25) is 0 Å². The fraction of sp³-hybridized carbons (Fsp3) is 0.714. The Morgan fingerprint density at radius 1 is 1.62 bits per heavy atom. The van der Waals surface area contributed by atoms with Gasteiger partial charge in [0.15, 0.2) is 0 Å². The molecule has 0 N–H and O–H groups in total. The topological polar surface area (TPSA) is 0 Å². The molecular weight excluding hydrogens is 211 g/mol. The Kier molecular flexibility index (Phi) is 1.53. The van der Waals surface area contributed by atoms with Crippen molar-refractivity contribution in [3.63, 3.8) is 0 Å². The third-order valence-electron chi connectivity index (χ3n) is 1.63. The minimum atomic E-state index is -0.817. The Balaban J connectivity index is 2.53. The van der Waals surface area contributed by atoms with E-state index in [1.54, 1.807) is 0 Å². The predicted molar refractivity (Wildman–Crippen MR) is 46.4 cm³/mol. The molecule has 0 nitrogen and oxygen atoms in total. The fourth-order valence-electron chi connectivity index (χ4n) is 0.769. The van der Waals surface area contributed by atoms with Gasteiger partial charge in [-0.05, 0) is 0 Å². The Labute approximate surface area is 58.4 Å². The molecule has 0 bridgehead atoms. The molecule has 1 rings (SSSR count). The predicted octanol–water partition coefficient (Wildman–Crippen LogP) is 2.27. The van der Waals surface area contributed by atoms with E-state index in [0.29, 0.717) is 3.42 Å². The van der Waals surface area contributed by atoms with E-state index in [-0.39, 0.29) is 0 Å². The molecule has 1 aliphatic rings. The molecule has 8 heavy (non-hydrogen) atoms. The monoisotopic (exact) mass is 222 g/mol. The van der Waals surface area contributed by atoms with Crippen molar-refractivity contribution in [2.75, 3.05) is 4.43 Å². The van der Waals surface area contributed by atoms with Crippen molar-refractivity contribution in [2.24, 2.45) is 0 Å². The van der Waals surface area contributed by atoms with Crippen LogP contribution in [0.4, 0.5) is 0 Å². The summed E-state index contributed by atoms with van der Waals surface area (Å²) in [4.78, 5) is 0. The van der Waals surface area contributed by atoms with Gasteiger partial charge in [0.25, 0.3) is 0 Å². The Morgan fingerprint density at radius 3 is 2.25 bits per heavy atom. The van der Waals surface area contributed by atoms with Crippen LogP contribution in [0.25, 0.3) is 0 Å². The summed E-state index contributed by atoms with van der Waals surface area (Å²) < 4.78 is 4.95. The van der Waals surface area contributed by atoms with Crippen molar-refractivity contribution in [2.45, 2.75) is 23.7 Å². The zero-order valence-corrected chi connectivity index (χ0v) is 7.53. The average molecular weight is 222 g/mol. The molecule has 1 fully saturated rings. The summed E-state index contributed by atoms with van der Waals surface area (Å²) >= 11 is -0.817.